The van der Waals surface area contributed by atoms with Gasteiger partial charge in [0, 0.05) is 0 Å². The maximum Gasteiger partial charge on any atom is -0.0143 e. The Morgan fingerprint density at radius 1 is 1.71 bits per heavy atom. The average Bonchev–Trinajstić information content (AvgIpc) is 2.17. The van der Waals surface area contributed by atoms with Gasteiger partial charge in [0.1, 0.15) is 0 Å². The van der Waals surface area contributed by atoms with Gasteiger partial charge in [0.25, 0.3) is 0 Å². The van der Waals surface area contributed by atoms with E-state index in [4.69, 9.17) is 0 Å². The van der Waals surface area contributed by atoms with Gasteiger partial charge < -0.3 is 0 Å². The maximum atomic E-state index is 3.90. The third-order valence-corrected chi connectivity index (χ3v) is 2.00. The van der Waals surface area contributed by atoms with Crippen LogP contribution in [0.2, 0.25) is 0 Å². The van der Waals surface area contributed by atoms with E-state index >= 15 is 0 Å². The average molecular weight is 96.2 g/mol. The lowest BCUT2D eigenvalue weighted by atomic mass is 10.3. The molecule has 0 radical (unpaired) electrons. The molecule has 7 heavy (non-hydrogen) atoms. The molecule has 0 heterocycles. The van der Waals surface area contributed by atoms with Gasteiger partial charge in [-0.2, -0.15) is 0 Å². The van der Waals surface area contributed by atoms with Crippen molar-refractivity contribution in [2.24, 2.45) is 11.8 Å². The Morgan fingerprint density at radius 2 is 2.14 bits per heavy atom. The molecule has 0 aromatic carbocycles. The van der Waals surface area contributed by atoms with Crippen molar-refractivity contribution < 1.29 is 0 Å². The first-order valence-corrected chi connectivity index (χ1v) is 2.96. The summed E-state index contributed by atoms with van der Waals surface area (Å²) in [5.74, 6) is 1.71. The molecule has 40 valence electrons. The van der Waals surface area contributed by atoms with Crippen molar-refractivity contribution in [3.63, 3.8) is 0 Å². The molecule has 0 N–H and O–H groups in total. The standard InChI is InChI=1S/C7H12/c1-4-7-5(2)6(7)3/h6-7H,2,4H2,1,3H3/t6?,7-/m0/s1. The molecule has 1 aliphatic carbocycles. The number of allylic oxidation sites excluding steroid dienone is 1. The molecule has 0 aromatic rings. The summed E-state index contributed by atoms with van der Waals surface area (Å²) < 4.78 is 0. The van der Waals surface area contributed by atoms with Gasteiger partial charge in [-0.15, -0.1) is 0 Å². The zero-order valence-corrected chi connectivity index (χ0v) is 5.07. The lowest BCUT2D eigenvalue weighted by molar-refractivity contribution is 0.727. The fourth-order valence-electron chi connectivity index (χ4n) is 1.16. The zero-order valence-electron chi connectivity index (χ0n) is 5.07. The first-order chi connectivity index (χ1) is 3.27. The van der Waals surface area contributed by atoms with Gasteiger partial charge in [0.2, 0.25) is 0 Å². The highest BCUT2D eigenvalue weighted by Gasteiger charge is 2.35. The highest BCUT2D eigenvalue weighted by atomic mass is 14.4. The van der Waals surface area contributed by atoms with Crippen LogP contribution in [0.3, 0.4) is 0 Å². The summed E-state index contributed by atoms with van der Waals surface area (Å²) in [6.45, 7) is 8.37. The molecular weight excluding hydrogens is 84.1 g/mol. The summed E-state index contributed by atoms with van der Waals surface area (Å²) >= 11 is 0. The maximum absolute atomic E-state index is 3.90. The van der Waals surface area contributed by atoms with Crippen LogP contribution >= 0.6 is 0 Å². The van der Waals surface area contributed by atoms with Gasteiger partial charge in [-0.1, -0.05) is 26.0 Å². The highest BCUT2D eigenvalue weighted by Crippen LogP contribution is 2.45. The third-order valence-electron chi connectivity index (χ3n) is 2.00. The van der Waals surface area contributed by atoms with E-state index in [1.165, 1.54) is 12.0 Å². The van der Waals surface area contributed by atoms with Gasteiger partial charge in [-0.25, -0.2) is 0 Å². The molecular formula is C7H12. The molecule has 0 nitrogen and oxygen atoms in total. The lowest BCUT2D eigenvalue weighted by Gasteiger charge is -1.78. The van der Waals surface area contributed by atoms with Crippen LogP contribution < -0.4 is 0 Å². The number of hydrogen-bond acceptors (Lipinski definition) is 0. The largest absolute Gasteiger partial charge is 0.0993 e. The fourth-order valence-corrected chi connectivity index (χ4v) is 1.16. The molecule has 1 aliphatic rings. The van der Waals surface area contributed by atoms with E-state index in [0.717, 1.165) is 11.8 Å². The van der Waals surface area contributed by atoms with E-state index < -0.39 is 0 Å². The molecule has 0 heteroatoms. The van der Waals surface area contributed by atoms with Crippen molar-refractivity contribution in [3.8, 4) is 0 Å². The minimum absolute atomic E-state index is 0.838. The Balaban J connectivity index is 2.38. The number of rotatable bonds is 1. The van der Waals surface area contributed by atoms with Gasteiger partial charge >= 0.3 is 0 Å². The fraction of sp³-hybridized carbons (Fsp3) is 0.714. The van der Waals surface area contributed by atoms with E-state index in [2.05, 4.69) is 20.4 Å². The summed E-state index contributed by atoms with van der Waals surface area (Å²) in [4.78, 5) is 0. The summed E-state index contributed by atoms with van der Waals surface area (Å²) in [6.07, 6.45) is 1.29. The van der Waals surface area contributed by atoms with E-state index in [0.29, 0.717) is 0 Å². The van der Waals surface area contributed by atoms with Crippen LogP contribution in [0, 0.1) is 11.8 Å². The van der Waals surface area contributed by atoms with Crippen LogP contribution in [0.4, 0.5) is 0 Å². The Morgan fingerprint density at radius 3 is 2.14 bits per heavy atom. The van der Waals surface area contributed by atoms with Crippen LogP contribution in [0.25, 0.3) is 0 Å². The molecule has 0 saturated heterocycles. The summed E-state index contributed by atoms with van der Waals surface area (Å²) in [5.41, 5.74) is 1.46. The SMILES string of the molecule is C=C1C(C)[C@H]1CC. The van der Waals surface area contributed by atoms with Crippen molar-refractivity contribution in [1.29, 1.82) is 0 Å². The molecule has 1 rings (SSSR count). The van der Waals surface area contributed by atoms with Crippen molar-refractivity contribution in [2.45, 2.75) is 20.3 Å². The lowest BCUT2D eigenvalue weighted by Crippen LogP contribution is -1.68. The van der Waals surface area contributed by atoms with Gasteiger partial charge in [-0.3, -0.25) is 0 Å². The number of hydrogen-bond donors (Lipinski definition) is 0. The Kier molecular flexibility index (Phi) is 0.949. The molecule has 1 unspecified atom stereocenters. The van der Waals surface area contributed by atoms with Crippen molar-refractivity contribution in [2.75, 3.05) is 0 Å². The van der Waals surface area contributed by atoms with E-state index in [9.17, 15) is 0 Å². The first kappa shape index (κ1) is 4.89. The summed E-state index contributed by atoms with van der Waals surface area (Å²) in [6, 6.07) is 0. The molecule has 2 atom stereocenters. The van der Waals surface area contributed by atoms with Crippen molar-refractivity contribution in [3.05, 3.63) is 12.2 Å². The van der Waals surface area contributed by atoms with Crippen molar-refractivity contribution in [1.82, 2.24) is 0 Å². The summed E-state index contributed by atoms with van der Waals surface area (Å²) in [7, 11) is 0. The zero-order chi connectivity index (χ0) is 5.44. The quantitative estimate of drug-likeness (QED) is 0.439. The molecule has 0 amide bonds. The Labute approximate surface area is 45.2 Å². The second-order valence-corrected chi connectivity index (χ2v) is 2.38. The molecule has 0 spiro atoms. The Bertz CT molecular complexity index is 92.2. The van der Waals surface area contributed by atoms with Crippen LogP contribution in [0.15, 0.2) is 12.2 Å². The topological polar surface area (TPSA) is 0 Å². The highest BCUT2D eigenvalue weighted by molar-refractivity contribution is 5.23. The minimum atomic E-state index is 0.838. The van der Waals surface area contributed by atoms with E-state index in [1.807, 2.05) is 0 Å². The Hall–Kier alpha value is -0.260. The third kappa shape index (κ3) is 0.583. The van der Waals surface area contributed by atoms with Crippen LogP contribution in [-0.2, 0) is 0 Å². The second kappa shape index (κ2) is 1.36. The predicted octanol–water partition coefficient (Wildman–Crippen LogP) is 2.22. The normalized spacial score (nSPS) is 38.9. The molecule has 0 bridgehead atoms. The molecule has 0 aromatic heterocycles. The molecule has 0 aliphatic heterocycles. The van der Waals surface area contributed by atoms with Gasteiger partial charge in [-0.05, 0) is 18.3 Å². The van der Waals surface area contributed by atoms with E-state index in [-0.39, 0.29) is 0 Å². The van der Waals surface area contributed by atoms with E-state index in [1.54, 1.807) is 0 Å². The predicted molar refractivity (Wildman–Crippen MR) is 32.1 cm³/mol. The second-order valence-electron chi connectivity index (χ2n) is 2.38. The van der Waals surface area contributed by atoms with Crippen LogP contribution in [0.1, 0.15) is 20.3 Å². The first-order valence-electron chi connectivity index (χ1n) is 2.96. The minimum Gasteiger partial charge on any atom is -0.0993 e. The van der Waals surface area contributed by atoms with Gasteiger partial charge in [0.15, 0.2) is 0 Å². The summed E-state index contributed by atoms with van der Waals surface area (Å²) in [5, 5.41) is 0. The smallest absolute Gasteiger partial charge is 0.0143 e. The molecule has 1 saturated carbocycles. The van der Waals surface area contributed by atoms with Crippen LogP contribution in [-0.4, -0.2) is 0 Å². The molecule has 1 fully saturated rings. The monoisotopic (exact) mass is 96.1 g/mol. The van der Waals surface area contributed by atoms with Gasteiger partial charge in [0.05, 0.1) is 0 Å². The van der Waals surface area contributed by atoms with Crippen molar-refractivity contribution >= 4 is 0 Å². The van der Waals surface area contributed by atoms with Crippen LogP contribution in [0.5, 0.6) is 0 Å².